The lowest BCUT2D eigenvalue weighted by Gasteiger charge is -2.22. The molecule has 6 nitrogen and oxygen atoms in total. The third kappa shape index (κ3) is 4.79. The molecule has 170 valence electrons. The fourth-order valence-electron chi connectivity index (χ4n) is 3.34. The highest BCUT2D eigenvalue weighted by Crippen LogP contribution is 2.34. The summed E-state index contributed by atoms with van der Waals surface area (Å²) in [5, 5.41) is 1.61. The molecule has 0 spiro atoms. The van der Waals surface area contributed by atoms with Gasteiger partial charge in [-0.05, 0) is 47.9 Å². The molecule has 0 unspecified atom stereocenters. The van der Waals surface area contributed by atoms with Crippen molar-refractivity contribution in [1.29, 1.82) is 0 Å². The Morgan fingerprint density at radius 2 is 1.33 bits per heavy atom. The molecule has 0 heterocycles. The summed E-state index contributed by atoms with van der Waals surface area (Å²) < 4.78 is 56.1. The van der Waals surface area contributed by atoms with Gasteiger partial charge in [0.05, 0.1) is 21.2 Å². The Bertz CT molecular complexity index is 1540. The van der Waals surface area contributed by atoms with Gasteiger partial charge in [-0.3, -0.25) is 9.03 Å². The minimum absolute atomic E-state index is 0.111. The summed E-state index contributed by atoms with van der Waals surface area (Å²) in [6.07, 6.45) is 0. The predicted molar refractivity (Wildman–Crippen MR) is 133 cm³/mol. The SMILES string of the molecule is CN(c1cc(NS(=O)(=O)c2cc(Cl)cc(Cl)c2)c2ccccc2c1)S(=O)(=O)c1ccccc1. The van der Waals surface area contributed by atoms with Crippen LogP contribution in [0.2, 0.25) is 10.0 Å². The zero-order valence-corrected chi connectivity index (χ0v) is 20.4. The number of fused-ring (bicyclic) bond motifs is 1. The number of nitrogens with zero attached hydrogens (tertiary/aromatic N) is 1. The molecule has 4 aromatic carbocycles. The van der Waals surface area contributed by atoms with Gasteiger partial charge in [0.15, 0.2) is 0 Å². The topological polar surface area (TPSA) is 83.6 Å². The van der Waals surface area contributed by atoms with Gasteiger partial charge in [-0.15, -0.1) is 0 Å². The summed E-state index contributed by atoms with van der Waals surface area (Å²) >= 11 is 12.0. The second-order valence-corrected chi connectivity index (χ2v) is 11.7. The van der Waals surface area contributed by atoms with Crippen LogP contribution in [0, 0.1) is 0 Å². The first-order valence-corrected chi connectivity index (χ1v) is 13.3. The molecule has 0 radical (unpaired) electrons. The summed E-state index contributed by atoms with van der Waals surface area (Å²) in [5.41, 5.74) is 0.508. The Balaban J connectivity index is 1.83. The normalized spacial score (nSPS) is 12.0. The Kier molecular flexibility index (Phi) is 6.28. The predicted octanol–water partition coefficient (Wildman–Crippen LogP) is 5.77. The maximum absolute atomic E-state index is 13.1. The van der Waals surface area contributed by atoms with E-state index in [9.17, 15) is 16.8 Å². The number of halogens is 2. The smallest absolute Gasteiger partial charge is 0.264 e. The first-order valence-electron chi connectivity index (χ1n) is 9.64. The van der Waals surface area contributed by atoms with Gasteiger partial charge >= 0.3 is 0 Å². The Labute approximate surface area is 202 Å². The van der Waals surface area contributed by atoms with Crippen LogP contribution in [-0.4, -0.2) is 23.9 Å². The van der Waals surface area contributed by atoms with E-state index in [1.807, 2.05) is 0 Å². The van der Waals surface area contributed by atoms with Gasteiger partial charge in [0, 0.05) is 22.5 Å². The molecule has 4 rings (SSSR count). The summed E-state index contributed by atoms with van der Waals surface area (Å²) in [4.78, 5) is 0.0103. The van der Waals surface area contributed by atoms with Crippen LogP contribution in [0.5, 0.6) is 0 Å². The number of anilines is 2. The van der Waals surface area contributed by atoms with Crippen LogP contribution in [-0.2, 0) is 20.0 Å². The fraction of sp³-hybridized carbons (Fsp3) is 0.0435. The van der Waals surface area contributed by atoms with Crippen molar-refractivity contribution in [3.05, 3.63) is 95.0 Å². The van der Waals surface area contributed by atoms with E-state index in [2.05, 4.69) is 4.72 Å². The van der Waals surface area contributed by atoms with Crippen molar-refractivity contribution in [3.8, 4) is 0 Å². The van der Waals surface area contributed by atoms with Gasteiger partial charge in [-0.2, -0.15) is 0 Å². The van der Waals surface area contributed by atoms with Crippen molar-refractivity contribution >= 4 is 65.4 Å². The molecule has 0 atom stereocenters. The Hall–Kier alpha value is -2.78. The molecule has 10 heteroatoms. The molecular weight excluding hydrogens is 503 g/mol. The summed E-state index contributed by atoms with van der Waals surface area (Å²) in [5.74, 6) is 0. The molecule has 0 aliphatic heterocycles. The van der Waals surface area contributed by atoms with Crippen LogP contribution in [0.25, 0.3) is 10.8 Å². The number of rotatable bonds is 6. The van der Waals surface area contributed by atoms with Crippen LogP contribution < -0.4 is 9.03 Å². The highest BCUT2D eigenvalue weighted by Gasteiger charge is 2.23. The standard InChI is InChI=1S/C23H18Cl2N2O4S2/c1-27(33(30,31)20-8-3-2-4-9-20)19-11-16-7-5-6-10-22(16)23(15-19)26-32(28,29)21-13-17(24)12-18(25)14-21/h2-15,26H,1H3. The fourth-order valence-corrected chi connectivity index (χ4v) is 6.33. The average Bonchev–Trinajstić information content (AvgIpc) is 2.78. The molecule has 0 aromatic heterocycles. The molecule has 0 saturated heterocycles. The highest BCUT2D eigenvalue weighted by atomic mass is 35.5. The number of hydrogen-bond donors (Lipinski definition) is 1. The lowest BCUT2D eigenvalue weighted by atomic mass is 10.1. The van der Waals surface area contributed by atoms with Gasteiger partial charge < -0.3 is 0 Å². The van der Waals surface area contributed by atoms with Crippen molar-refractivity contribution in [2.45, 2.75) is 9.79 Å². The van der Waals surface area contributed by atoms with E-state index >= 15 is 0 Å². The summed E-state index contributed by atoms with van der Waals surface area (Å²) in [7, 11) is -6.51. The van der Waals surface area contributed by atoms with E-state index in [4.69, 9.17) is 23.2 Å². The van der Waals surface area contributed by atoms with Crippen LogP contribution in [0.1, 0.15) is 0 Å². The van der Waals surface area contributed by atoms with Crippen LogP contribution in [0.3, 0.4) is 0 Å². The monoisotopic (exact) mass is 520 g/mol. The number of hydrogen-bond acceptors (Lipinski definition) is 4. The molecule has 0 bridgehead atoms. The van der Waals surface area contributed by atoms with Gasteiger partial charge in [0.1, 0.15) is 0 Å². The Morgan fingerprint density at radius 1 is 0.727 bits per heavy atom. The third-order valence-electron chi connectivity index (χ3n) is 5.00. The quantitative estimate of drug-likeness (QED) is 0.349. The number of sulfonamides is 2. The Morgan fingerprint density at radius 3 is 2.00 bits per heavy atom. The van der Waals surface area contributed by atoms with E-state index in [1.165, 1.54) is 43.4 Å². The van der Waals surface area contributed by atoms with E-state index in [1.54, 1.807) is 48.5 Å². The van der Waals surface area contributed by atoms with Crippen molar-refractivity contribution in [3.63, 3.8) is 0 Å². The molecule has 4 aromatic rings. The lowest BCUT2D eigenvalue weighted by molar-refractivity contribution is 0.594. The largest absolute Gasteiger partial charge is 0.279 e. The molecule has 33 heavy (non-hydrogen) atoms. The van der Waals surface area contributed by atoms with Gasteiger partial charge in [0.25, 0.3) is 20.0 Å². The third-order valence-corrected chi connectivity index (χ3v) is 8.58. The number of benzene rings is 4. The van der Waals surface area contributed by atoms with Crippen LogP contribution >= 0.6 is 23.2 Å². The van der Waals surface area contributed by atoms with Gasteiger partial charge in [-0.1, -0.05) is 65.7 Å². The van der Waals surface area contributed by atoms with Crippen LogP contribution in [0.15, 0.2) is 94.7 Å². The highest BCUT2D eigenvalue weighted by molar-refractivity contribution is 7.93. The summed E-state index contributed by atoms with van der Waals surface area (Å²) in [6.45, 7) is 0. The molecule has 0 aliphatic rings. The first kappa shape index (κ1) is 23.4. The van der Waals surface area contributed by atoms with E-state index in [-0.39, 0.29) is 25.5 Å². The second-order valence-electron chi connectivity index (χ2n) is 7.21. The zero-order chi connectivity index (χ0) is 23.8. The first-order chi connectivity index (χ1) is 15.6. The van der Waals surface area contributed by atoms with Crippen molar-refractivity contribution in [1.82, 2.24) is 0 Å². The van der Waals surface area contributed by atoms with Crippen molar-refractivity contribution < 1.29 is 16.8 Å². The van der Waals surface area contributed by atoms with E-state index in [0.29, 0.717) is 16.5 Å². The molecule has 1 N–H and O–H groups in total. The zero-order valence-electron chi connectivity index (χ0n) is 17.2. The molecule has 0 amide bonds. The molecule has 0 fully saturated rings. The van der Waals surface area contributed by atoms with E-state index < -0.39 is 20.0 Å². The lowest BCUT2D eigenvalue weighted by Crippen LogP contribution is -2.26. The van der Waals surface area contributed by atoms with Gasteiger partial charge in [-0.25, -0.2) is 16.8 Å². The summed E-state index contributed by atoms with van der Waals surface area (Å²) in [6, 6.07) is 22.2. The van der Waals surface area contributed by atoms with Crippen molar-refractivity contribution in [2.75, 3.05) is 16.1 Å². The van der Waals surface area contributed by atoms with Gasteiger partial charge in [0.2, 0.25) is 0 Å². The maximum atomic E-state index is 13.1. The maximum Gasteiger partial charge on any atom is 0.264 e. The minimum atomic E-state index is -4.07. The second kappa shape index (κ2) is 8.87. The van der Waals surface area contributed by atoms with Crippen molar-refractivity contribution in [2.24, 2.45) is 0 Å². The number of nitrogens with one attached hydrogen (secondary N) is 1. The minimum Gasteiger partial charge on any atom is -0.279 e. The molecular formula is C23H18Cl2N2O4S2. The van der Waals surface area contributed by atoms with Crippen LogP contribution in [0.4, 0.5) is 11.4 Å². The molecule has 0 aliphatic carbocycles. The average molecular weight is 521 g/mol. The van der Waals surface area contributed by atoms with E-state index in [0.717, 1.165) is 4.31 Å². The molecule has 0 saturated carbocycles.